The maximum atomic E-state index is 11.6. The molecule has 6 heteroatoms. The van der Waals surface area contributed by atoms with Crippen LogP contribution in [0.2, 0.25) is 0 Å². The molecular weight excluding hydrogens is 358 g/mol. The Hall–Kier alpha value is -3.67. The van der Waals surface area contributed by atoms with Gasteiger partial charge in [0.2, 0.25) is 0 Å². The third-order valence-electron chi connectivity index (χ3n) is 4.42. The first-order chi connectivity index (χ1) is 13.6. The fourth-order valence-electron chi connectivity index (χ4n) is 3.00. The molecule has 2 aliphatic rings. The van der Waals surface area contributed by atoms with Crippen LogP contribution in [0.5, 0.6) is 5.75 Å². The molecule has 1 heterocycles. The number of carbonyl (C=O) groups is 1. The number of aliphatic carboxylic acids is 1. The van der Waals surface area contributed by atoms with Gasteiger partial charge in [0.1, 0.15) is 17.0 Å². The first kappa shape index (κ1) is 17.7. The van der Waals surface area contributed by atoms with Crippen molar-refractivity contribution in [1.82, 2.24) is 4.98 Å². The van der Waals surface area contributed by atoms with Crippen LogP contribution in [0.15, 0.2) is 75.9 Å². The highest BCUT2D eigenvalue weighted by Crippen LogP contribution is 2.27. The summed E-state index contributed by atoms with van der Waals surface area (Å²) in [5.74, 6) is -0.284. The van der Waals surface area contributed by atoms with Crippen molar-refractivity contribution >= 4 is 17.1 Å². The van der Waals surface area contributed by atoms with Gasteiger partial charge in [-0.1, -0.05) is 30.3 Å². The van der Waals surface area contributed by atoms with Gasteiger partial charge < -0.3 is 14.3 Å². The number of aromatic nitrogens is 1. The molecule has 2 aromatic rings. The first-order valence-corrected chi connectivity index (χ1v) is 8.86. The largest absolute Gasteiger partial charge is 0.479 e. The predicted molar refractivity (Wildman–Crippen MR) is 104 cm³/mol. The second kappa shape index (κ2) is 7.52. The molecule has 1 unspecified atom stereocenters. The summed E-state index contributed by atoms with van der Waals surface area (Å²) in [7, 11) is 0. The van der Waals surface area contributed by atoms with Gasteiger partial charge in [0.15, 0.2) is 22.9 Å². The van der Waals surface area contributed by atoms with Crippen molar-refractivity contribution in [2.75, 3.05) is 0 Å². The zero-order chi connectivity index (χ0) is 19.5. The van der Waals surface area contributed by atoms with Crippen molar-refractivity contribution in [2.24, 2.45) is 0 Å². The predicted octanol–water partition coefficient (Wildman–Crippen LogP) is 3.76. The molecular formula is C22H17NO5. The second-order valence-electron chi connectivity index (χ2n) is 6.44. The molecule has 1 aliphatic carbocycles. The molecule has 6 nitrogen and oxygen atoms in total. The van der Waals surface area contributed by atoms with Gasteiger partial charge in [-0.3, -0.25) is 4.79 Å². The zero-order valence-electron chi connectivity index (χ0n) is 14.9. The van der Waals surface area contributed by atoms with Crippen LogP contribution in [0.25, 0.3) is 22.6 Å². The SMILES string of the molecule is O=C(O)C(CCc1ccccc1)Oc1ccc2nc3ccc(=O)cc-3oc2c1. The van der Waals surface area contributed by atoms with E-state index in [9.17, 15) is 14.7 Å². The number of hydrogen-bond acceptors (Lipinski definition) is 5. The minimum absolute atomic E-state index is 0.170. The van der Waals surface area contributed by atoms with Crippen molar-refractivity contribution in [3.8, 4) is 17.2 Å². The molecule has 0 aromatic heterocycles. The van der Waals surface area contributed by atoms with Gasteiger partial charge >= 0.3 is 5.97 Å². The van der Waals surface area contributed by atoms with Crippen LogP contribution < -0.4 is 10.2 Å². The maximum Gasteiger partial charge on any atom is 0.344 e. The van der Waals surface area contributed by atoms with E-state index in [0.29, 0.717) is 41.1 Å². The summed E-state index contributed by atoms with van der Waals surface area (Å²) in [5.41, 5.74) is 2.47. The Morgan fingerprint density at radius 3 is 2.68 bits per heavy atom. The van der Waals surface area contributed by atoms with E-state index in [2.05, 4.69) is 4.98 Å². The van der Waals surface area contributed by atoms with E-state index >= 15 is 0 Å². The van der Waals surface area contributed by atoms with Crippen LogP contribution in [0.3, 0.4) is 0 Å². The van der Waals surface area contributed by atoms with Crippen molar-refractivity contribution in [1.29, 1.82) is 0 Å². The topological polar surface area (TPSA) is 89.6 Å². The highest BCUT2D eigenvalue weighted by Gasteiger charge is 2.20. The lowest BCUT2D eigenvalue weighted by molar-refractivity contribution is -0.145. The lowest BCUT2D eigenvalue weighted by atomic mass is 10.1. The van der Waals surface area contributed by atoms with E-state index in [0.717, 1.165) is 5.56 Å². The molecule has 0 radical (unpaired) electrons. The Balaban J connectivity index is 1.58. The average molecular weight is 375 g/mol. The number of benzene rings is 3. The number of nitrogens with zero attached hydrogens (tertiary/aromatic N) is 1. The smallest absolute Gasteiger partial charge is 0.344 e. The second-order valence-corrected chi connectivity index (χ2v) is 6.44. The van der Waals surface area contributed by atoms with Crippen LogP contribution in [0, 0.1) is 0 Å². The summed E-state index contributed by atoms with van der Waals surface area (Å²) in [6.07, 6.45) is -0.0579. The van der Waals surface area contributed by atoms with Crippen molar-refractivity contribution < 1.29 is 19.1 Å². The number of ether oxygens (including phenoxy) is 1. The Labute approximate surface area is 160 Å². The molecule has 0 amide bonds. The van der Waals surface area contributed by atoms with E-state index in [1.807, 2.05) is 30.3 Å². The quantitative estimate of drug-likeness (QED) is 0.516. The molecule has 28 heavy (non-hydrogen) atoms. The summed E-state index contributed by atoms with van der Waals surface area (Å²) in [6.45, 7) is 0. The van der Waals surface area contributed by atoms with E-state index in [1.54, 1.807) is 24.3 Å². The average Bonchev–Trinajstić information content (AvgIpc) is 2.70. The molecule has 140 valence electrons. The Morgan fingerprint density at radius 1 is 1.07 bits per heavy atom. The van der Waals surface area contributed by atoms with Gasteiger partial charge in [0.25, 0.3) is 0 Å². The number of carboxylic acids is 1. The van der Waals surface area contributed by atoms with Gasteiger partial charge in [-0.15, -0.1) is 0 Å². The van der Waals surface area contributed by atoms with Gasteiger partial charge in [0, 0.05) is 12.1 Å². The van der Waals surface area contributed by atoms with Crippen molar-refractivity contribution in [3.05, 3.63) is 82.5 Å². The van der Waals surface area contributed by atoms with E-state index < -0.39 is 12.1 Å². The van der Waals surface area contributed by atoms with Gasteiger partial charge in [-0.25, -0.2) is 9.78 Å². The van der Waals surface area contributed by atoms with Crippen molar-refractivity contribution in [2.45, 2.75) is 18.9 Å². The van der Waals surface area contributed by atoms with E-state index in [-0.39, 0.29) is 5.43 Å². The molecule has 4 rings (SSSR count). The molecule has 0 saturated heterocycles. The van der Waals surface area contributed by atoms with Crippen LogP contribution >= 0.6 is 0 Å². The van der Waals surface area contributed by atoms with Crippen LogP contribution in [-0.2, 0) is 11.2 Å². The fraction of sp³-hybridized carbons (Fsp3) is 0.136. The lowest BCUT2D eigenvalue weighted by Gasteiger charge is -2.15. The summed E-state index contributed by atoms with van der Waals surface area (Å²) in [5, 5.41) is 9.50. The maximum absolute atomic E-state index is 11.6. The standard InChI is InChI=1S/C22H17NO5/c24-15-7-9-17-20(12-15)28-21-13-16(8-10-18(21)23-17)27-19(22(25)26)11-6-14-4-2-1-3-5-14/h1-5,7-10,12-13,19H,6,11H2,(H,25,26). The number of hydrogen-bond donors (Lipinski definition) is 1. The summed E-state index contributed by atoms with van der Waals surface area (Å²) >= 11 is 0. The Morgan fingerprint density at radius 2 is 1.89 bits per heavy atom. The Bertz CT molecular complexity index is 1150. The fourth-order valence-corrected chi connectivity index (χ4v) is 3.00. The third kappa shape index (κ3) is 3.86. The zero-order valence-corrected chi connectivity index (χ0v) is 14.9. The van der Waals surface area contributed by atoms with E-state index in [1.165, 1.54) is 12.1 Å². The van der Waals surface area contributed by atoms with Gasteiger partial charge in [-0.05, 0) is 42.7 Å². The van der Waals surface area contributed by atoms with Crippen LogP contribution in [0.1, 0.15) is 12.0 Å². The molecule has 0 spiro atoms. The molecule has 0 bridgehead atoms. The van der Waals surface area contributed by atoms with Crippen LogP contribution in [0.4, 0.5) is 0 Å². The molecule has 1 N–H and O–H groups in total. The normalized spacial score (nSPS) is 12.1. The number of carboxylic acid groups (broad SMARTS) is 1. The first-order valence-electron chi connectivity index (χ1n) is 8.86. The third-order valence-corrected chi connectivity index (χ3v) is 4.42. The molecule has 1 atom stereocenters. The highest BCUT2D eigenvalue weighted by molar-refractivity contribution is 5.78. The highest BCUT2D eigenvalue weighted by atomic mass is 16.5. The number of rotatable bonds is 6. The summed E-state index contributed by atoms with van der Waals surface area (Å²) in [4.78, 5) is 27.6. The molecule has 1 aliphatic heterocycles. The molecule has 0 saturated carbocycles. The minimum Gasteiger partial charge on any atom is -0.479 e. The van der Waals surface area contributed by atoms with Gasteiger partial charge in [0.05, 0.1) is 0 Å². The summed E-state index contributed by atoms with van der Waals surface area (Å²) < 4.78 is 11.4. The summed E-state index contributed by atoms with van der Waals surface area (Å²) in [6, 6.07) is 19.0. The van der Waals surface area contributed by atoms with Crippen molar-refractivity contribution in [3.63, 3.8) is 0 Å². The molecule has 2 aromatic carbocycles. The Kier molecular flexibility index (Phi) is 4.76. The number of aryl methyl sites for hydroxylation is 1. The molecule has 0 fully saturated rings. The lowest BCUT2D eigenvalue weighted by Crippen LogP contribution is -2.27. The van der Waals surface area contributed by atoms with Crippen LogP contribution in [-0.4, -0.2) is 22.2 Å². The minimum atomic E-state index is -1.03. The monoisotopic (exact) mass is 375 g/mol. The van der Waals surface area contributed by atoms with Gasteiger partial charge in [-0.2, -0.15) is 0 Å². The number of fused-ring (bicyclic) bond motifs is 2. The van der Waals surface area contributed by atoms with E-state index in [4.69, 9.17) is 9.15 Å².